The zero-order chi connectivity index (χ0) is 24.1. The lowest BCUT2D eigenvalue weighted by atomic mass is 10.0. The molecule has 7 aromatic rings. The number of imidazole rings is 2. The molecule has 0 amide bonds. The quantitative estimate of drug-likeness (QED) is 0.318. The molecule has 0 aliphatic carbocycles. The van der Waals surface area contributed by atoms with Crippen LogP contribution in [0.2, 0.25) is 0 Å². The Bertz CT molecular complexity index is 1850. The molecule has 36 heavy (non-hydrogen) atoms. The van der Waals surface area contributed by atoms with E-state index in [0.29, 0.717) is 11.8 Å². The number of rotatable bonds is 4. The number of H-pyrrole nitrogens is 2. The van der Waals surface area contributed by atoms with Gasteiger partial charge in [0.1, 0.15) is 11.6 Å². The average Bonchev–Trinajstić information content (AvgIpc) is 3.66. The van der Waals surface area contributed by atoms with Crippen LogP contribution in [0.25, 0.3) is 67.4 Å². The van der Waals surface area contributed by atoms with Crippen molar-refractivity contribution in [1.82, 2.24) is 35.1 Å². The number of fused-ring (bicyclic) bond motifs is 2. The summed E-state index contributed by atoms with van der Waals surface area (Å²) in [5.74, 6) is 2.69. The predicted octanol–water partition coefficient (Wildman–Crippen LogP) is 6.19. The number of nitrogens with one attached hydrogen (secondary N) is 2. The molecule has 0 radical (unpaired) electrons. The van der Waals surface area contributed by atoms with Crippen molar-refractivity contribution in [2.24, 2.45) is 0 Å². The third-order valence-corrected chi connectivity index (χ3v) is 6.18. The standard InChI is InChI=1S/C28H19N7O/c1-16-34-35-28(36-16)19-4-2-17(3-5-19)26-30-22-8-6-20(14-24(22)32-26)21-7-9-23-25(15-21)33-27(31-23)18-10-12-29-13-11-18/h2-15H,1H3,(H,30,32)(H,31,33). The molecule has 0 spiro atoms. The highest BCUT2D eigenvalue weighted by Crippen LogP contribution is 2.30. The first-order valence-corrected chi connectivity index (χ1v) is 11.5. The van der Waals surface area contributed by atoms with Gasteiger partial charge in [-0.3, -0.25) is 4.98 Å². The van der Waals surface area contributed by atoms with Crippen molar-refractivity contribution in [3.05, 3.63) is 91.1 Å². The summed E-state index contributed by atoms with van der Waals surface area (Å²) in [5, 5.41) is 7.97. The van der Waals surface area contributed by atoms with Crippen molar-refractivity contribution in [2.45, 2.75) is 6.92 Å². The van der Waals surface area contributed by atoms with Crippen LogP contribution in [-0.2, 0) is 0 Å². The second-order valence-corrected chi connectivity index (χ2v) is 8.57. The first kappa shape index (κ1) is 20.3. The number of aromatic amines is 2. The van der Waals surface area contributed by atoms with Gasteiger partial charge in [-0.1, -0.05) is 24.3 Å². The number of hydrogen-bond acceptors (Lipinski definition) is 6. The van der Waals surface area contributed by atoms with Gasteiger partial charge in [0, 0.05) is 36.0 Å². The van der Waals surface area contributed by atoms with Gasteiger partial charge in [0.15, 0.2) is 0 Å². The molecule has 0 aliphatic rings. The van der Waals surface area contributed by atoms with Gasteiger partial charge in [0.2, 0.25) is 11.8 Å². The zero-order valence-electron chi connectivity index (χ0n) is 19.2. The fraction of sp³-hybridized carbons (Fsp3) is 0.0357. The normalized spacial score (nSPS) is 11.5. The van der Waals surface area contributed by atoms with E-state index in [2.05, 4.69) is 49.4 Å². The van der Waals surface area contributed by atoms with Crippen LogP contribution in [0, 0.1) is 6.92 Å². The van der Waals surface area contributed by atoms with Gasteiger partial charge in [-0.05, 0) is 59.7 Å². The third-order valence-electron chi connectivity index (χ3n) is 6.18. The Labute approximate surface area is 205 Å². The SMILES string of the molecule is Cc1nnc(-c2ccc(-c3nc4ccc(-c5ccc6nc(-c7ccncc7)[nH]c6c5)cc4[nH]3)cc2)o1. The Morgan fingerprint density at radius 2 is 1.11 bits per heavy atom. The third kappa shape index (κ3) is 3.52. The van der Waals surface area contributed by atoms with Gasteiger partial charge < -0.3 is 14.4 Å². The van der Waals surface area contributed by atoms with E-state index in [0.717, 1.165) is 61.5 Å². The van der Waals surface area contributed by atoms with E-state index < -0.39 is 0 Å². The molecule has 0 bridgehead atoms. The minimum atomic E-state index is 0.510. The molecule has 0 saturated heterocycles. The smallest absolute Gasteiger partial charge is 0.247 e. The van der Waals surface area contributed by atoms with Crippen molar-refractivity contribution in [2.75, 3.05) is 0 Å². The Balaban J connectivity index is 1.20. The number of aryl methyl sites for hydroxylation is 1. The maximum atomic E-state index is 5.51. The van der Waals surface area contributed by atoms with Gasteiger partial charge in [0.05, 0.1) is 22.1 Å². The highest BCUT2D eigenvalue weighted by molar-refractivity contribution is 5.88. The van der Waals surface area contributed by atoms with E-state index in [1.807, 2.05) is 48.5 Å². The van der Waals surface area contributed by atoms with Gasteiger partial charge in [0.25, 0.3) is 0 Å². The summed E-state index contributed by atoms with van der Waals surface area (Å²) >= 11 is 0. The van der Waals surface area contributed by atoms with Crippen molar-refractivity contribution >= 4 is 22.1 Å². The second kappa shape index (κ2) is 7.99. The fourth-order valence-electron chi connectivity index (χ4n) is 4.35. The van der Waals surface area contributed by atoms with Crippen molar-refractivity contribution in [3.8, 4) is 45.4 Å². The van der Waals surface area contributed by atoms with E-state index in [1.54, 1.807) is 19.3 Å². The van der Waals surface area contributed by atoms with Crippen molar-refractivity contribution in [3.63, 3.8) is 0 Å². The average molecular weight is 470 g/mol. The molecule has 0 atom stereocenters. The minimum absolute atomic E-state index is 0.510. The van der Waals surface area contributed by atoms with Crippen LogP contribution in [0.15, 0.2) is 89.6 Å². The maximum absolute atomic E-state index is 5.51. The highest BCUT2D eigenvalue weighted by Gasteiger charge is 2.11. The van der Waals surface area contributed by atoms with Gasteiger partial charge in [-0.25, -0.2) is 9.97 Å². The lowest BCUT2D eigenvalue weighted by Crippen LogP contribution is -1.82. The maximum Gasteiger partial charge on any atom is 0.247 e. The van der Waals surface area contributed by atoms with E-state index >= 15 is 0 Å². The van der Waals surface area contributed by atoms with Gasteiger partial charge in [-0.2, -0.15) is 0 Å². The summed E-state index contributed by atoms with van der Waals surface area (Å²) in [4.78, 5) is 20.5. The first-order chi connectivity index (χ1) is 17.7. The lowest BCUT2D eigenvalue weighted by molar-refractivity contribution is 0.533. The predicted molar refractivity (Wildman–Crippen MR) is 138 cm³/mol. The summed E-state index contributed by atoms with van der Waals surface area (Å²) in [6, 6.07) is 24.3. The molecule has 3 aromatic carbocycles. The Kier molecular flexibility index (Phi) is 4.50. The molecule has 0 unspecified atom stereocenters. The monoisotopic (exact) mass is 469 g/mol. The van der Waals surface area contributed by atoms with E-state index in [-0.39, 0.29) is 0 Å². The Hall–Kier alpha value is -5.11. The van der Waals surface area contributed by atoms with Crippen LogP contribution in [-0.4, -0.2) is 35.1 Å². The second-order valence-electron chi connectivity index (χ2n) is 8.57. The summed E-state index contributed by atoms with van der Waals surface area (Å²) in [5.41, 5.74) is 8.86. The largest absolute Gasteiger partial charge is 0.421 e. The number of aromatic nitrogens is 7. The molecule has 0 fully saturated rings. The zero-order valence-corrected chi connectivity index (χ0v) is 19.2. The van der Waals surface area contributed by atoms with Crippen LogP contribution >= 0.6 is 0 Å². The Morgan fingerprint density at radius 1 is 0.583 bits per heavy atom. The van der Waals surface area contributed by atoms with Crippen LogP contribution in [0.4, 0.5) is 0 Å². The summed E-state index contributed by atoms with van der Waals surface area (Å²) in [6.07, 6.45) is 3.54. The number of benzene rings is 3. The molecule has 172 valence electrons. The highest BCUT2D eigenvalue weighted by atomic mass is 16.4. The topological polar surface area (TPSA) is 109 Å². The lowest BCUT2D eigenvalue weighted by Gasteiger charge is -2.01. The van der Waals surface area contributed by atoms with Gasteiger partial charge >= 0.3 is 0 Å². The first-order valence-electron chi connectivity index (χ1n) is 11.5. The number of hydrogen-bond donors (Lipinski definition) is 2. The summed E-state index contributed by atoms with van der Waals surface area (Å²) < 4.78 is 5.51. The Morgan fingerprint density at radius 3 is 1.67 bits per heavy atom. The van der Waals surface area contributed by atoms with E-state index in [1.165, 1.54) is 0 Å². The van der Waals surface area contributed by atoms with Gasteiger partial charge in [-0.15, -0.1) is 10.2 Å². The summed E-state index contributed by atoms with van der Waals surface area (Å²) in [7, 11) is 0. The molecule has 8 nitrogen and oxygen atoms in total. The fourth-order valence-corrected chi connectivity index (χ4v) is 4.35. The molecule has 7 rings (SSSR count). The van der Waals surface area contributed by atoms with Crippen LogP contribution in [0.3, 0.4) is 0 Å². The minimum Gasteiger partial charge on any atom is -0.421 e. The van der Waals surface area contributed by atoms with Crippen molar-refractivity contribution in [1.29, 1.82) is 0 Å². The van der Waals surface area contributed by atoms with E-state index in [4.69, 9.17) is 14.4 Å². The molecule has 0 saturated carbocycles. The number of pyridine rings is 1. The van der Waals surface area contributed by atoms with Crippen molar-refractivity contribution < 1.29 is 4.42 Å². The van der Waals surface area contributed by atoms with Crippen LogP contribution < -0.4 is 0 Å². The number of nitrogens with zero attached hydrogens (tertiary/aromatic N) is 5. The molecule has 2 N–H and O–H groups in total. The van der Waals surface area contributed by atoms with Crippen LogP contribution in [0.5, 0.6) is 0 Å². The summed E-state index contributed by atoms with van der Waals surface area (Å²) in [6.45, 7) is 1.78. The molecule has 4 heterocycles. The molecular formula is C28H19N7O. The molecular weight excluding hydrogens is 450 g/mol. The van der Waals surface area contributed by atoms with E-state index in [9.17, 15) is 0 Å². The molecule has 4 aromatic heterocycles. The molecule has 8 heteroatoms. The molecule has 0 aliphatic heterocycles. The van der Waals surface area contributed by atoms with Crippen LogP contribution in [0.1, 0.15) is 5.89 Å².